The van der Waals surface area contributed by atoms with Gasteiger partial charge in [-0.25, -0.2) is 87.8 Å². The predicted molar refractivity (Wildman–Crippen MR) is 308 cm³/mol. The number of nitrogens with zero attached hydrogens (tertiary/aromatic N) is 4. The van der Waals surface area contributed by atoms with E-state index in [9.17, 15) is 8.78 Å². The molecule has 0 atom stereocenters. The lowest BCUT2D eigenvalue weighted by Crippen LogP contribution is -2.14. The Hall–Kier alpha value is -8.96. The van der Waals surface area contributed by atoms with Crippen molar-refractivity contribution >= 4 is 65.2 Å². The minimum atomic E-state index is -2.78. The summed E-state index contributed by atoms with van der Waals surface area (Å²) in [6.07, 6.45) is 7.28. The molecule has 0 aliphatic carbocycles. The van der Waals surface area contributed by atoms with Crippen molar-refractivity contribution in [1.82, 2.24) is 18.3 Å². The second-order valence-electron chi connectivity index (χ2n) is 22.6. The fourth-order valence-electron chi connectivity index (χ4n) is 12.8. The van der Waals surface area contributed by atoms with Crippen LogP contribution in [-0.4, -0.2) is 18.3 Å². The molecule has 4 nitrogen and oxygen atoms in total. The highest BCUT2D eigenvalue weighted by molar-refractivity contribution is 6.28. The number of unbranched alkanes of at least 4 members (excludes halogenated alkanes) is 4. The molecule has 8 aromatic carbocycles. The van der Waals surface area contributed by atoms with Crippen molar-refractivity contribution in [2.24, 2.45) is 0 Å². The van der Waals surface area contributed by atoms with Crippen LogP contribution < -0.4 is 0 Å². The van der Waals surface area contributed by atoms with E-state index in [1.807, 2.05) is 27.7 Å². The molecule has 0 saturated carbocycles. The summed E-state index contributed by atoms with van der Waals surface area (Å²) in [4.78, 5) is 0. The molecule has 12 rings (SSSR count). The van der Waals surface area contributed by atoms with E-state index in [1.165, 1.54) is 0 Å². The quantitative estimate of drug-likeness (QED) is 0.0492. The Morgan fingerprint density at radius 1 is 0.239 bits per heavy atom. The summed E-state index contributed by atoms with van der Waals surface area (Å²) in [6, 6.07) is 10.1. The number of hydrogen-bond acceptors (Lipinski definition) is 0. The molecule has 0 spiro atoms. The molecule has 12 aromatic rings. The molecule has 0 amide bonds. The minimum absolute atomic E-state index is 0.0368. The number of fused-ring (bicyclic) bond motifs is 12. The summed E-state index contributed by atoms with van der Waals surface area (Å²) in [6.45, 7) is 7.44. The van der Waals surface area contributed by atoms with Gasteiger partial charge < -0.3 is 18.3 Å². The molecule has 0 aliphatic rings. The lowest BCUT2D eigenvalue weighted by atomic mass is 9.91. The van der Waals surface area contributed by atoms with E-state index < -0.39 is 183 Å². The number of aryl methyl sites for hydroxylation is 4. The van der Waals surface area contributed by atoms with Crippen molar-refractivity contribution in [2.75, 3.05) is 0 Å². The molecule has 478 valence electrons. The lowest BCUT2D eigenvalue weighted by molar-refractivity contribution is 0.375. The first-order valence-corrected chi connectivity index (χ1v) is 29.2. The maximum absolute atomic E-state index is 17.4. The van der Waals surface area contributed by atoms with Gasteiger partial charge in [0.1, 0.15) is 22.7 Å². The summed E-state index contributed by atoms with van der Waals surface area (Å²) in [5, 5.41) is -1.55. The zero-order chi connectivity index (χ0) is 66.1. The minimum Gasteiger partial charge on any atom is -0.309 e. The van der Waals surface area contributed by atoms with Gasteiger partial charge in [-0.3, -0.25) is 0 Å². The van der Waals surface area contributed by atoms with E-state index in [4.69, 9.17) is 0 Å². The molecule has 0 aliphatic heterocycles. The zero-order valence-corrected chi connectivity index (χ0v) is 48.6. The predicted octanol–water partition coefficient (Wildman–Crippen LogP) is 21.6. The highest BCUT2D eigenvalue weighted by Crippen LogP contribution is 2.50. The molecule has 4 heterocycles. The Labute approximate surface area is 508 Å². The van der Waals surface area contributed by atoms with Crippen molar-refractivity contribution < 1.29 is 87.8 Å². The average molecular weight is 1300 g/mol. The van der Waals surface area contributed by atoms with Gasteiger partial charge in [0.2, 0.25) is 23.3 Å². The molecule has 0 saturated heterocycles. The molecule has 4 aromatic heterocycles. The van der Waals surface area contributed by atoms with Crippen LogP contribution in [-0.2, 0) is 25.7 Å². The van der Waals surface area contributed by atoms with Crippen LogP contribution in [0, 0.1) is 116 Å². The van der Waals surface area contributed by atoms with E-state index in [2.05, 4.69) is 0 Å². The molecule has 24 heteroatoms. The molecule has 0 bridgehead atoms. The first kappa shape index (κ1) is 63.2. The van der Waals surface area contributed by atoms with Crippen LogP contribution in [0.3, 0.4) is 0 Å². The highest BCUT2D eigenvalue weighted by Gasteiger charge is 2.38. The standard InChI is InChI=1S/C68H46F20N4/c1-5-9-13-27-21-33-31-17-19-89(65-53(81)45(73)41(69)46(74)54(65)82)61(31)63-37(35(33)23-29(27)15-11-7-3)25-39(91(63)67-57(85)49(77)43(71)50(78)58(67)86)40-26-38-36-24-30(16-12-8-4)28(14-10-6-2)22-34(36)32-18-20-90(66-55(83)47(75)42(70)48(76)56(66)84)62(32)64(38)92(40)68-59(87)51(79)44(72)52(80)60(68)88/h17-26H,5-16H2,1-4H3. The topological polar surface area (TPSA) is 19.7 Å². The average Bonchev–Trinajstić information content (AvgIpc) is 1.52. The van der Waals surface area contributed by atoms with Gasteiger partial charge in [-0.15, -0.1) is 0 Å². The molecule has 0 N–H and O–H groups in total. The third kappa shape index (κ3) is 9.24. The van der Waals surface area contributed by atoms with Crippen molar-refractivity contribution in [2.45, 2.75) is 105 Å². The van der Waals surface area contributed by atoms with Crippen molar-refractivity contribution in [3.8, 4) is 34.1 Å². The molecule has 0 radical (unpaired) electrons. The van der Waals surface area contributed by atoms with Crippen LogP contribution in [0.5, 0.6) is 0 Å². The second-order valence-corrected chi connectivity index (χ2v) is 22.6. The van der Waals surface area contributed by atoms with E-state index in [0.29, 0.717) is 108 Å². The third-order valence-corrected chi connectivity index (χ3v) is 17.2. The van der Waals surface area contributed by atoms with Crippen LogP contribution in [0.25, 0.3) is 99.3 Å². The Morgan fingerprint density at radius 3 is 0.696 bits per heavy atom. The maximum Gasteiger partial charge on any atom is 0.200 e. The first-order chi connectivity index (χ1) is 43.9. The second kappa shape index (κ2) is 23.6. The summed E-state index contributed by atoms with van der Waals surface area (Å²) in [5.74, 6) is -52.7. The van der Waals surface area contributed by atoms with Crippen LogP contribution in [0.15, 0.2) is 60.9 Å². The third-order valence-electron chi connectivity index (χ3n) is 17.2. The fourth-order valence-corrected chi connectivity index (χ4v) is 12.8. The van der Waals surface area contributed by atoms with Crippen molar-refractivity contribution in [3.05, 3.63) is 200 Å². The van der Waals surface area contributed by atoms with Gasteiger partial charge in [-0.2, -0.15) is 0 Å². The van der Waals surface area contributed by atoms with E-state index in [-0.39, 0.29) is 41.5 Å². The summed E-state index contributed by atoms with van der Waals surface area (Å²) < 4.78 is 324. The Kier molecular flexibility index (Phi) is 16.2. The number of halogens is 20. The van der Waals surface area contributed by atoms with E-state index >= 15 is 79.0 Å². The Morgan fingerprint density at radius 2 is 0.457 bits per heavy atom. The first-order valence-electron chi connectivity index (χ1n) is 29.2. The van der Waals surface area contributed by atoms with Gasteiger partial charge in [0.25, 0.3) is 0 Å². The molecule has 0 fully saturated rings. The van der Waals surface area contributed by atoms with Crippen molar-refractivity contribution in [3.63, 3.8) is 0 Å². The number of benzene rings is 8. The molecule has 92 heavy (non-hydrogen) atoms. The number of rotatable bonds is 17. The van der Waals surface area contributed by atoms with Gasteiger partial charge in [0, 0.05) is 33.9 Å². The number of aromatic nitrogens is 4. The van der Waals surface area contributed by atoms with Gasteiger partial charge in [0.15, 0.2) is 93.1 Å². The zero-order valence-electron chi connectivity index (χ0n) is 48.6. The van der Waals surface area contributed by atoms with Gasteiger partial charge in [-0.1, -0.05) is 77.6 Å². The SMILES string of the molecule is CCCCc1cc2c(cc1CCCC)c1cc(-c3cc4c5cc(CCCC)c(CCCC)cc5c5ccn(-c6c(F)c(F)c(F)c(F)c6F)c5c4n3-c3c(F)c(F)c(F)c(F)c3F)n(-c3c(F)c(F)c(F)c(F)c3F)c1c1c2ccn1-c1c(F)c(F)c(F)c(F)c1F. The van der Waals surface area contributed by atoms with Crippen LogP contribution in [0.1, 0.15) is 101 Å². The summed E-state index contributed by atoms with van der Waals surface area (Å²) in [5.41, 5.74) is -11.0. The highest BCUT2D eigenvalue weighted by atomic mass is 19.2. The van der Waals surface area contributed by atoms with Gasteiger partial charge >= 0.3 is 0 Å². The molecular weight excluding hydrogens is 1250 g/mol. The number of hydrogen-bond donors (Lipinski definition) is 0. The van der Waals surface area contributed by atoms with Crippen LogP contribution in [0.4, 0.5) is 87.8 Å². The summed E-state index contributed by atoms with van der Waals surface area (Å²) >= 11 is 0. The summed E-state index contributed by atoms with van der Waals surface area (Å²) in [7, 11) is 0. The maximum atomic E-state index is 17.4. The largest absolute Gasteiger partial charge is 0.309 e. The van der Waals surface area contributed by atoms with Crippen LogP contribution >= 0.6 is 0 Å². The van der Waals surface area contributed by atoms with Gasteiger partial charge in [0.05, 0.1) is 33.5 Å². The van der Waals surface area contributed by atoms with Crippen LogP contribution in [0.2, 0.25) is 0 Å². The normalized spacial score (nSPS) is 12.2. The van der Waals surface area contributed by atoms with E-state index in [0.717, 1.165) is 36.7 Å². The monoisotopic (exact) mass is 1300 g/mol. The lowest BCUT2D eigenvalue weighted by Gasteiger charge is -2.20. The smallest absolute Gasteiger partial charge is 0.200 e. The Bertz CT molecular complexity index is 4690. The van der Waals surface area contributed by atoms with Crippen molar-refractivity contribution in [1.29, 1.82) is 0 Å². The van der Waals surface area contributed by atoms with E-state index in [1.54, 1.807) is 24.3 Å². The Balaban J connectivity index is 1.43. The van der Waals surface area contributed by atoms with Gasteiger partial charge in [-0.05, 0) is 119 Å². The molecular formula is C68H46F20N4. The fraction of sp³-hybridized carbons (Fsp3) is 0.235. The molecule has 0 unspecified atom stereocenters.